The number of ether oxygens (including phenoxy) is 1. The zero-order chi connectivity index (χ0) is 16.8. The Morgan fingerprint density at radius 2 is 1.78 bits per heavy atom. The highest BCUT2D eigenvalue weighted by Crippen LogP contribution is 2.25. The van der Waals surface area contributed by atoms with Crippen molar-refractivity contribution in [3.8, 4) is 5.75 Å². The molecule has 1 fully saturated rings. The lowest BCUT2D eigenvalue weighted by atomic mass is 10.0. The average molecular weight is 318 g/mol. The van der Waals surface area contributed by atoms with Gasteiger partial charge < -0.3 is 14.5 Å². The summed E-state index contributed by atoms with van der Waals surface area (Å²) < 4.78 is 5.81. The maximum absolute atomic E-state index is 12.7. The minimum atomic E-state index is 0.193. The molecule has 0 radical (unpaired) electrons. The molecule has 1 heterocycles. The Hall–Kier alpha value is -1.39. The predicted molar refractivity (Wildman–Crippen MR) is 94.6 cm³/mol. The molecule has 0 aliphatic carbocycles. The second-order valence-corrected chi connectivity index (χ2v) is 6.60. The molecule has 0 N–H and O–H groups in total. The van der Waals surface area contributed by atoms with E-state index in [-0.39, 0.29) is 5.78 Å². The Balaban J connectivity index is 2.01. The van der Waals surface area contributed by atoms with Crippen molar-refractivity contribution in [3.63, 3.8) is 0 Å². The maximum atomic E-state index is 12.7. The number of nitrogens with zero attached hydrogens (tertiary/aromatic N) is 2. The number of carbonyl (C=O) groups is 1. The van der Waals surface area contributed by atoms with Gasteiger partial charge in [0.05, 0.1) is 12.2 Å². The molecule has 128 valence electrons. The van der Waals surface area contributed by atoms with Gasteiger partial charge in [0, 0.05) is 39.1 Å². The number of aryl methyl sites for hydroxylation is 2. The first-order chi connectivity index (χ1) is 11.0. The van der Waals surface area contributed by atoms with Crippen LogP contribution in [0.25, 0.3) is 0 Å². The number of hydrogen-bond acceptors (Lipinski definition) is 4. The number of piperazine rings is 1. The van der Waals surface area contributed by atoms with E-state index in [4.69, 9.17) is 4.74 Å². The van der Waals surface area contributed by atoms with Crippen LogP contribution in [0.3, 0.4) is 0 Å². The number of carbonyl (C=O) groups excluding carboxylic acids is 1. The van der Waals surface area contributed by atoms with Gasteiger partial charge in [-0.3, -0.25) is 4.79 Å². The summed E-state index contributed by atoms with van der Waals surface area (Å²) >= 11 is 0. The van der Waals surface area contributed by atoms with Crippen LogP contribution < -0.4 is 4.74 Å². The fourth-order valence-electron chi connectivity index (χ4n) is 2.80. The van der Waals surface area contributed by atoms with E-state index in [1.165, 1.54) is 5.56 Å². The van der Waals surface area contributed by atoms with E-state index in [1.54, 1.807) is 0 Å². The molecule has 0 unspecified atom stereocenters. The van der Waals surface area contributed by atoms with E-state index in [1.807, 2.05) is 12.1 Å². The molecule has 0 atom stereocenters. The first-order valence-electron chi connectivity index (χ1n) is 8.69. The molecule has 4 heteroatoms. The van der Waals surface area contributed by atoms with Crippen LogP contribution in [0.15, 0.2) is 12.1 Å². The van der Waals surface area contributed by atoms with E-state index < -0.39 is 0 Å². The molecule has 0 spiro atoms. The van der Waals surface area contributed by atoms with E-state index in [9.17, 15) is 4.79 Å². The number of rotatable bonds is 7. The normalized spacial score (nSPS) is 16.5. The minimum absolute atomic E-state index is 0.193. The van der Waals surface area contributed by atoms with Crippen LogP contribution in [0.4, 0.5) is 0 Å². The Kier molecular flexibility index (Phi) is 6.60. The average Bonchev–Trinajstić information content (AvgIpc) is 2.54. The Morgan fingerprint density at radius 1 is 1.13 bits per heavy atom. The molecule has 0 saturated carbocycles. The van der Waals surface area contributed by atoms with Crippen LogP contribution >= 0.6 is 0 Å². The monoisotopic (exact) mass is 318 g/mol. The van der Waals surface area contributed by atoms with Crippen molar-refractivity contribution >= 4 is 5.78 Å². The van der Waals surface area contributed by atoms with Gasteiger partial charge in [0.2, 0.25) is 0 Å². The fraction of sp³-hybridized carbons (Fsp3) is 0.632. The van der Waals surface area contributed by atoms with Crippen LogP contribution in [-0.2, 0) is 0 Å². The molecule has 1 aromatic carbocycles. The van der Waals surface area contributed by atoms with Crippen molar-refractivity contribution in [1.29, 1.82) is 0 Å². The summed E-state index contributed by atoms with van der Waals surface area (Å²) in [5, 5.41) is 0. The Morgan fingerprint density at radius 3 is 2.43 bits per heavy atom. The second-order valence-electron chi connectivity index (χ2n) is 6.60. The summed E-state index contributed by atoms with van der Waals surface area (Å²) in [5.41, 5.74) is 3.07. The van der Waals surface area contributed by atoms with Gasteiger partial charge in [-0.2, -0.15) is 0 Å². The highest BCUT2D eigenvalue weighted by atomic mass is 16.5. The quantitative estimate of drug-likeness (QED) is 0.724. The summed E-state index contributed by atoms with van der Waals surface area (Å²) in [4.78, 5) is 17.4. The molecule has 1 aliphatic rings. The van der Waals surface area contributed by atoms with Crippen molar-refractivity contribution in [2.24, 2.45) is 0 Å². The lowest BCUT2D eigenvalue weighted by Gasteiger charge is -2.32. The number of likely N-dealkylation sites (N-methyl/N-ethyl adjacent to an activating group) is 1. The molecule has 1 aliphatic heterocycles. The second kappa shape index (κ2) is 8.46. The van der Waals surface area contributed by atoms with Crippen molar-refractivity contribution < 1.29 is 9.53 Å². The number of ketones is 1. The van der Waals surface area contributed by atoms with Crippen LogP contribution in [-0.4, -0.2) is 62.0 Å². The molecule has 2 rings (SSSR count). The van der Waals surface area contributed by atoms with E-state index in [0.717, 1.165) is 56.0 Å². The maximum Gasteiger partial charge on any atom is 0.167 e. The van der Waals surface area contributed by atoms with E-state index >= 15 is 0 Å². The molecule has 4 nitrogen and oxygen atoms in total. The third kappa shape index (κ3) is 5.05. The van der Waals surface area contributed by atoms with Crippen LogP contribution in [0.5, 0.6) is 5.75 Å². The van der Waals surface area contributed by atoms with Gasteiger partial charge in [-0.1, -0.05) is 6.92 Å². The lowest BCUT2D eigenvalue weighted by molar-refractivity contribution is 0.0938. The highest BCUT2D eigenvalue weighted by molar-refractivity contribution is 5.99. The Bertz CT molecular complexity index is 534. The molecular weight excluding hydrogens is 288 g/mol. The zero-order valence-electron chi connectivity index (χ0n) is 15.0. The zero-order valence-corrected chi connectivity index (χ0v) is 15.0. The van der Waals surface area contributed by atoms with Crippen molar-refractivity contribution in [3.05, 3.63) is 28.8 Å². The molecular formula is C19H30N2O2. The highest BCUT2D eigenvalue weighted by Gasteiger charge is 2.18. The molecule has 23 heavy (non-hydrogen) atoms. The van der Waals surface area contributed by atoms with Gasteiger partial charge in [0.1, 0.15) is 5.75 Å². The summed E-state index contributed by atoms with van der Waals surface area (Å²) in [6, 6.07) is 4.00. The summed E-state index contributed by atoms with van der Waals surface area (Å²) in [6.07, 6.45) is 1.51. The topological polar surface area (TPSA) is 32.8 Å². The first-order valence-corrected chi connectivity index (χ1v) is 8.69. The van der Waals surface area contributed by atoms with Crippen LogP contribution in [0, 0.1) is 13.8 Å². The summed E-state index contributed by atoms with van der Waals surface area (Å²) in [5.74, 6) is 0.941. The predicted octanol–water partition coefficient (Wildman–Crippen LogP) is 2.91. The molecule has 0 aromatic heterocycles. The van der Waals surface area contributed by atoms with Gasteiger partial charge in [0.25, 0.3) is 0 Å². The first kappa shape index (κ1) is 18.0. The lowest BCUT2D eigenvalue weighted by Crippen LogP contribution is -2.45. The summed E-state index contributed by atoms with van der Waals surface area (Å²) in [6.45, 7) is 12.0. The third-order valence-corrected chi connectivity index (χ3v) is 4.61. The molecule has 1 saturated heterocycles. The largest absolute Gasteiger partial charge is 0.493 e. The molecule has 1 aromatic rings. The van der Waals surface area contributed by atoms with Gasteiger partial charge >= 0.3 is 0 Å². The van der Waals surface area contributed by atoms with Crippen LogP contribution in [0.1, 0.15) is 41.3 Å². The smallest absolute Gasteiger partial charge is 0.167 e. The molecule has 0 bridgehead atoms. The Labute approximate surface area is 140 Å². The van der Waals surface area contributed by atoms with Crippen molar-refractivity contribution in [2.45, 2.75) is 33.6 Å². The van der Waals surface area contributed by atoms with Gasteiger partial charge in [-0.05, 0) is 50.6 Å². The number of Topliss-reactive ketones (excluding diaryl/α,β-unsaturated/α-hetero) is 1. The molecule has 0 amide bonds. The third-order valence-electron chi connectivity index (χ3n) is 4.61. The minimum Gasteiger partial charge on any atom is -0.493 e. The van der Waals surface area contributed by atoms with E-state index in [0.29, 0.717) is 13.0 Å². The number of hydrogen-bond donors (Lipinski definition) is 0. The standard InChI is InChI=1S/C19H30N2O2/c1-5-12-23-19-14-16(3)15(2)13-17(19)18(22)6-7-21-10-8-20(4)9-11-21/h13-14H,5-12H2,1-4H3. The van der Waals surface area contributed by atoms with Crippen molar-refractivity contribution in [1.82, 2.24) is 9.80 Å². The fourth-order valence-corrected chi connectivity index (χ4v) is 2.80. The van der Waals surface area contributed by atoms with Gasteiger partial charge in [-0.15, -0.1) is 0 Å². The van der Waals surface area contributed by atoms with Crippen molar-refractivity contribution in [2.75, 3.05) is 46.4 Å². The summed E-state index contributed by atoms with van der Waals surface area (Å²) in [7, 11) is 2.15. The SMILES string of the molecule is CCCOc1cc(C)c(C)cc1C(=O)CCN1CCN(C)CC1. The van der Waals surface area contributed by atoms with Crippen LogP contribution in [0.2, 0.25) is 0 Å². The van der Waals surface area contributed by atoms with Gasteiger partial charge in [0.15, 0.2) is 5.78 Å². The van der Waals surface area contributed by atoms with Gasteiger partial charge in [-0.25, -0.2) is 0 Å². The van der Waals surface area contributed by atoms with E-state index in [2.05, 4.69) is 37.6 Å². The number of benzene rings is 1.